The Labute approximate surface area is 100 Å². The van der Waals surface area contributed by atoms with Crippen molar-refractivity contribution >= 4 is 9.84 Å². The SMILES string of the molecule is O=c1c2c(cc3n1CCCS3(=O)=O)CCCC2. The van der Waals surface area contributed by atoms with E-state index in [9.17, 15) is 13.2 Å². The Morgan fingerprint density at radius 3 is 2.71 bits per heavy atom. The molecule has 0 unspecified atom stereocenters. The van der Waals surface area contributed by atoms with Crippen LogP contribution in [0.25, 0.3) is 0 Å². The average molecular weight is 253 g/mol. The lowest BCUT2D eigenvalue weighted by Crippen LogP contribution is -2.35. The lowest BCUT2D eigenvalue weighted by Gasteiger charge is -2.23. The summed E-state index contributed by atoms with van der Waals surface area (Å²) in [6.07, 6.45) is 4.28. The van der Waals surface area contributed by atoms with Crippen LogP contribution in [-0.2, 0) is 29.2 Å². The van der Waals surface area contributed by atoms with Crippen molar-refractivity contribution in [3.05, 3.63) is 27.5 Å². The van der Waals surface area contributed by atoms with E-state index in [0.29, 0.717) is 13.0 Å². The predicted molar refractivity (Wildman–Crippen MR) is 64.0 cm³/mol. The molecule has 0 saturated heterocycles. The van der Waals surface area contributed by atoms with Crippen LogP contribution in [0.3, 0.4) is 0 Å². The Hall–Kier alpha value is -1.10. The lowest BCUT2D eigenvalue weighted by atomic mass is 9.93. The highest BCUT2D eigenvalue weighted by Gasteiger charge is 2.27. The number of pyridine rings is 1. The Bertz CT molecular complexity index is 628. The molecule has 0 bridgehead atoms. The molecule has 1 aliphatic carbocycles. The number of sulfone groups is 1. The van der Waals surface area contributed by atoms with Gasteiger partial charge in [0, 0.05) is 12.1 Å². The largest absolute Gasteiger partial charge is 0.299 e. The second-order valence-electron chi connectivity index (χ2n) is 4.82. The Balaban J connectivity index is 2.33. The molecule has 1 aromatic heterocycles. The van der Waals surface area contributed by atoms with Crippen molar-refractivity contribution in [1.29, 1.82) is 0 Å². The molecule has 0 aromatic carbocycles. The van der Waals surface area contributed by atoms with Crippen molar-refractivity contribution in [3.63, 3.8) is 0 Å². The zero-order chi connectivity index (χ0) is 12.0. The molecule has 2 heterocycles. The summed E-state index contributed by atoms with van der Waals surface area (Å²) in [5, 5.41) is 0.245. The van der Waals surface area contributed by atoms with Gasteiger partial charge in [-0.15, -0.1) is 0 Å². The lowest BCUT2D eigenvalue weighted by molar-refractivity contribution is 0.514. The second kappa shape index (κ2) is 3.70. The maximum absolute atomic E-state index is 12.2. The van der Waals surface area contributed by atoms with E-state index in [1.54, 1.807) is 6.07 Å². The number of hydrogen-bond donors (Lipinski definition) is 0. The Morgan fingerprint density at radius 2 is 1.88 bits per heavy atom. The molecule has 1 aliphatic heterocycles. The minimum absolute atomic E-state index is 0.0690. The van der Waals surface area contributed by atoms with E-state index in [-0.39, 0.29) is 16.3 Å². The van der Waals surface area contributed by atoms with Crippen LogP contribution in [0.5, 0.6) is 0 Å². The van der Waals surface area contributed by atoms with E-state index >= 15 is 0 Å². The summed E-state index contributed by atoms with van der Waals surface area (Å²) in [4.78, 5) is 12.2. The van der Waals surface area contributed by atoms with Gasteiger partial charge >= 0.3 is 0 Å². The maximum atomic E-state index is 12.2. The molecular weight excluding hydrogens is 238 g/mol. The number of aromatic nitrogens is 1. The molecular formula is C12H15NO3S. The molecule has 5 heteroatoms. The molecule has 3 rings (SSSR count). The standard InChI is InChI=1S/C12H15NO3S/c14-12-10-5-2-1-4-9(10)8-11-13(12)6-3-7-17(11,15)16/h8H,1-7H2. The normalized spacial score (nSPS) is 21.6. The number of aryl methyl sites for hydroxylation is 1. The van der Waals surface area contributed by atoms with Crippen molar-refractivity contribution in [3.8, 4) is 0 Å². The zero-order valence-corrected chi connectivity index (χ0v) is 10.4. The molecule has 92 valence electrons. The van der Waals surface area contributed by atoms with Crippen LogP contribution in [-0.4, -0.2) is 18.7 Å². The summed E-state index contributed by atoms with van der Waals surface area (Å²) < 4.78 is 25.4. The summed E-state index contributed by atoms with van der Waals surface area (Å²) in [5.74, 6) is 0.172. The minimum Gasteiger partial charge on any atom is -0.299 e. The zero-order valence-electron chi connectivity index (χ0n) is 9.61. The molecule has 0 fully saturated rings. The monoisotopic (exact) mass is 253 g/mol. The van der Waals surface area contributed by atoms with Crippen LogP contribution in [0, 0.1) is 0 Å². The Morgan fingerprint density at radius 1 is 1.12 bits per heavy atom. The van der Waals surface area contributed by atoms with Gasteiger partial charge in [0.25, 0.3) is 5.56 Å². The molecule has 17 heavy (non-hydrogen) atoms. The van der Waals surface area contributed by atoms with Crippen LogP contribution in [0.15, 0.2) is 15.9 Å². The topological polar surface area (TPSA) is 56.1 Å². The fourth-order valence-corrected chi connectivity index (χ4v) is 4.36. The third kappa shape index (κ3) is 1.64. The van der Waals surface area contributed by atoms with E-state index < -0.39 is 9.84 Å². The molecule has 0 saturated carbocycles. The highest BCUT2D eigenvalue weighted by Crippen LogP contribution is 2.24. The van der Waals surface area contributed by atoms with Crippen molar-refractivity contribution in [2.45, 2.75) is 43.7 Å². The van der Waals surface area contributed by atoms with Crippen molar-refractivity contribution in [2.75, 3.05) is 5.75 Å². The van der Waals surface area contributed by atoms with Gasteiger partial charge in [-0.05, 0) is 43.7 Å². The minimum atomic E-state index is -3.24. The van der Waals surface area contributed by atoms with E-state index in [4.69, 9.17) is 0 Å². The molecule has 4 nitrogen and oxygen atoms in total. The van der Waals surface area contributed by atoms with Gasteiger partial charge in [-0.1, -0.05) is 0 Å². The maximum Gasteiger partial charge on any atom is 0.254 e. The number of hydrogen-bond acceptors (Lipinski definition) is 3. The van der Waals surface area contributed by atoms with Crippen LogP contribution < -0.4 is 5.56 Å². The first-order valence-electron chi connectivity index (χ1n) is 6.08. The third-order valence-corrected chi connectivity index (χ3v) is 5.49. The average Bonchev–Trinajstić information content (AvgIpc) is 2.31. The van der Waals surface area contributed by atoms with E-state index in [1.165, 1.54) is 4.57 Å². The summed E-state index contributed by atoms with van der Waals surface area (Å²) in [7, 11) is -3.24. The fraction of sp³-hybridized carbons (Fsp3) is 0.583. The molecule has 2 aliphatic rings. The number of rotatable bonds is 0. The first-order valence-corrected chi connectivity index (χ1v) is 7.73. The molecule has 0 atom stereocenters. The van der Waals surface area contributed by atoms with Crippen LogP contribution >= 0.6 is 0 Å². The van der Waals surface area contributed by atoms with E-state index in [0.717, 1.165) is 36.8 Å². The quantitative estimate of drug-likeness (QED) is 0.690. The van der Waals surface area contributed by atoms with Gasteiger partial charge < -0.3 is 0 Å². The van der Waals surface area contributed by atoms with Gasteiger partial charge in [0.1, 0.15) is 5.03 Å². The first-order chi connectivity index (χ1) is 8.09. The highest BCUT2D eigenvalue weighted by atomic mass is 32.2. The number of fused-ring (bicyclic) bond motifs is 2. The summed E-state index contributed by atoms with van der Waals surface area (Å²) in [6, 6.07) is 1.74. The van der Waals surface area contributed by atoms with Gasteiger partial charge in [-0.3, -0.25) is 9.36 Å². The molecule has 0 radical (unpaired) electrons. The van der Waals surface area contributed by atoms with Crippen molar-refractivity contribution in [2.24, 2.45) is 0 Å². The first kappa shape index (κ1) is 11.0. The van der Waals surface area contributed by atoms with Gasteiger partial charge in [0.2, 0.25) is 0 Å². The summed E-state index contributed by atoms with van der Waals surface area (Å²) >= 11 is 0. The molecule has 1 aromatic rings. The molecule has 0 N–H and O–H groups in total. The highest BCUT2D eigenvalue weighted by molar-refractivity contribution is 7.91. The second-order valence-corrected chi connectivity index (χ2v) is 6.88. The molecule has 0 amide bonds. The fourth-order valence-electron chi connectivity index (χ4n) is 2.81. The Kier molecular flexibility index (Phi) is 2.40. The van der Waals surface area contributed by atoms with Gasteiger partial charge in [0.05, 0.1) is 5.75 Å². The van der Waals surface area contributed by atoms with Crippen molar-refractivity contribution < 1.29 is 8.42 Å². The van der Waals surface area contributed by atoms with Gasteiger partial charge in [-0.25, -0.2) is 8.42 Å². The summed E-state index contributed by atoms with van der Waals surface area (Å²) in [5.41, 5.74) is 1.73. The summed E-state index contributed by atoms with van der Waals surface area (Å²) in [6.45, 7) is 0.542. The van der Waals surface area contributed by atoms with Gasteiger partial charge in [-0.2, -0.15) is 0 Å². The van der Waals surface area contributed by atoms with Crippen molar-refractivity contribution in [1.82, 2.24) is 4.57 Å². The smallest absolute Gasteiger partial charge is 0.254 e. The van der Waals surface area contributed by atoms with Gasteiger partial charge in [0.15, 0.2) is 9.84 Å². The van der Waals surface area contributed by atoms with E-state index in [1.807, 2.05) is 0 Å². The van der Waals surface area contributed by atoms with E-state index in [2.05, 4.69) is 0 Å². The van der Waals surface area contributed by atoms with Crippen LogP contribution in [0.1, 0.15) is 30.4 Å². The predicted octanol–water partition coefficient (Wildman–Crippen LogP) is 0.904. The number of nitrogens with zero attached hydrogens (tertiary/aromatic N) is 1. The molecule has 0 spiro atoms. The van der Waals surface area contributed by atoms with Crippen LogP contribution in [0.2, 0.25) is 0 Å². The third-order valence-electron chi connectivity index (χ3n) is 3.69. The van der Waals surface area contributed by atoms with Crippen LogP contribution in [0.4, 0.5) is 0 Å².